The van der Waals surface area contributed by atoms with E-state index in [-0.39, 0.29) is 5.78 Å². The summed E-state index contributed by atoms with van der Waals surface area (Å²) in [6.45, 7) is 0. The lowest BCUT2D eigenvalue weighted by Crippen LogP contribution is -1.94. The van der Waals surface area contributed by atoms with Crippen LogP contribution in [-0.4, -0.2) is 15.8 Å². The average molecular weight is 266 g/mol. The Kier molecular flexibility index (Phi) is 3.13. The fourth-order valence-electron chi connectivity index (χ4n) is 1.94. The molecule has 20 heavy (non-hydrogen) atoms. The van der Waals surface area contributed by atoms with Crippen LogP contribution in [0.25, 0.3) is 17.1 Å². The van der Waals surface area contributed by atoms with Crippen LogP contribution in [-0.2, 0) is 0 Å². The Bertz CT molecular complexity index is 772. The van der Waals surface area contributed by atoms with Crippen LogP contribution in [0.3, 0.4) is 0 Å². The van der Waals surface area contributed by atoms with Gasteiger partial charge in [0, 0.05) is 5.56 Å². The quantitative estimate of drug-likeness (QED) is 0.581. The summed E-state index contributed by atoms with van der Waals surface area (Å²) in [4.78, 5) is 19.3. The number of carbonyl (C=O) groups is 1. The third-order valence-electron chi connectivity index (χ3n) is 2.91. The van der Waals surface area contributed by atoms with Gasteiger partial charge in [-0.3, -0.25) is 4.79 Å². The van der Waals surface area contributed by atoms with Gasteiger partial charge in [-0.15, -0.1) is 0 Å². The molecule has 0 radical (unpaired) electrons. The van der Waals surface area contributed by atoms with Gasteiger partial charge in [0.05, 0.1) is 11.0 Å². The molecule has 0 fully saturated rings. The zero-order valence-electron chi connectivity index (χ0n) is 10.5. The molecule has 0 aliphatic rings. The normalized spacial score (nSPS) is 11.2. The molecule has 98 valence electrons. The van der Waals surface area contributed by atoms with Gasteiger partial charge in [0.15, 0.2) is 5.78 Å². The van der Waals surface area contributed by atoms with Crippen LogP contribution in [0.2, 0.25) is 0 Å². The Labute approximate surface area is 114 Å². The molecule has 3 nitrogen and oxygen atoms in total. The molecule has 1 N–H and O–H groups in total. The fourth-order valence-corrected chi connectivity index (χ4v) is 1.94. The molecule has 0 spiro atoms. The van der Waals surface area contributed by atoms with E-state index in [0.717, 1.165) is 11.0 Å². The summed E-state index contributed by atoms with van der Waals surface area (Å²) >= 11 is 0. The second kappa shape index (κ2) is 5.09. The van der Waals surface area contributed by atoms with Crippen molar-refractivity contribution in [1.82, 2.24) is 9.97 Å². The highest BCUT2D eigenvalue weighted by Crippen LogP contribution is 2.12. The first-order valence-electron chi connectivity index (χ1n) is 6.15. The summed E-state index contributed by atoms with van der Waals surface area (Å²) in [6.07, 6.45) is 2.97. The zero-order chi connectivity index (χ0) is 13.9. The lowest BCUT2D eigenvalue weighted by Gasteiger charge is -1.94. The number of aromatic nitrogens is 2. The standard InChI is InChI=1S/C16H11FN2O/c17-12-5-3-4-11(10-12)15(20)8-9-16-18-13-6-1-2-7-14(13)19-16/h1-10H,(H,18,19)/b9-8-. The van der Waals surface area contributed by atoms with Crippen LogP contribution in [0.5, 0.6) is 0 Å². The first kappa shape index (κ1) is 12.3. The molecule has 0 atom stereocenters. The van der Waals surface area contributed by atoms with Gasteiger partial charge in [0.25, 0.3) is 0 Å². The Morgan fingerprint density at radius 2 is 2.00 bits per heavy atom. The van der Waals surface area contributed by atoms with Crippen LogP contribution < -0.4 is 0 Å². The number of H-pyrrole nitrogens is 1. The molecule has 0 aliphatic heterocycles. The van der Waals surface area contributed by atoms with Crippen molar-refractivity contribution in [2.24, 2.45) is 0 Å². The molecule has 0 saturated carbocycles. The van der Waals surface area contributed by atoms with Gasteiger partial charge >= 0.3 is 0 Å². The summed E-state index contributed by atoms with van der Waals surface area (Å²) in [6, 6.07) is 13.2. The summed E-state index contributed by atoms with van der Waals surface area (Å²) in [5.74, 6) is -0.0890. The molecular weight excluding hydrogens is 255 g/mol. The van der Waals surface area contributed by atoms with Crippen LogP contribution in [0.1, 0.15) is 16.2 Å². The number of hydrogen-bond donors (Lipinski definition) is 1. The van der Waals surface area contributed by atoms with E-state index < -0.39 is 5.82 Å². The zero-order valence-corrected chi connectivity index (χ0v) is 10.5. The van der Waals surface area contributed by atoms with E-state index in [2.05, 4.69) is 9.97 Å². The van der Waals surface area contributed by atoms with Gasteiger partial charge in [-0.2, -0.15) is 0 Å². The van der Waals surface area contributed by atoms with Crippen LogP contribution in [0.4, 0.5) is 4.39 Å². The van der Waals surface area contributed by atoms with E-state index in [0.29, 0.717) is 11.4 Å². The first-order chi connectivity index (χ1) is 9.72. The maximum atomic E-state index is 13.0. The first-order valence-corrected chi connectivity index (χ1v) is 6.15. The molecule has 0 bridgehead atoms. The Hall–Kier alpha value is -2.75. The van der Waals surface area contributed by atoms with Gasteiger partial charge in [-0.25, -0.2) is 9.37 Å². The number of imidazole rings is 1. The third kappa shape index (κ3) is 2.49. The maximum Gasteiger partial charge on any atom is 0.186 e. The van der Waals surface area contributed by atoms with Crippen LogP contribution in [0, 0.1) is 5.82 Å². The number of ketones is 1. The van der Waals surface area contributed by atoms with Crippen molar-refractivity contribution < 1.29 is 9.18 Å². The van der Waals surface area contributed by atoms with E-state index in [9.17, 15) is 9.18 Å². The van der Waals surface area contributed by atoms with Crippen molar-refractivity contribution in [2.75, 3.05) is 0 Å². The van der Waals surface area contributed by atoms with Crippen molar-refractivity contribution in [1.29, 1.82) is 0 Å². The summed E-state index contributed by atoms with van der Waals surface area (Å²) < 4.78 is 13.0. The number of para-hydroxylation sites is 2. The number of fused-ring (bicyclic) bond motifs is 1. The SMILES string of the molecule is O=C(/C=C\c1nc2ccccc2[nH]1)c1cccc(F)c1. The number of benzene rings is 2. The predicted octanol–water partition coefficient (Wildman–Crippen LogP) is 3.60. The number of nitrogens with one attached hydrogen (secondary N) is 1. The van der Waals surface area contributed by atoms with Crippen molar-refractivity contribution in [3.63, 3.8) is 0 Å². The van der Waals surface area contributed by atoms with E-state index in [1.807, 2.05) is 24.3 Å². The Morgan fingerprint density at radius 3 is 2.80 bits per heavy atom. The van der Waals surface area contributed by atoms with Crippen molar-refractivity contribution in [2.45, 2.75) is 0 Å². The number of hydrogen-bond acceptors (Lipinski definition) is 2. The lowest BCUT2D eigenvalue weighted by molar-refractivity contribution is 0.104. The molecule has 3 aromatic rings. The smallest absolute Gasteiger partial charge is 0.186 e. The van der Waals surface area contributed by atoms with Crippen molar-refractivity contribution >= 4 is 22.9 Å². The molecule has 0 amide bonds. The number of halogens is 1. The molecule has 0 unspecified atom stereocenters. The largest absolute Gasteiger partial charge is 0.338 e. The molecule has 1 aromatic heterocycles. The van der Waals surface area contributed by atoms with Gasteiger partial charge < -0.3 is 4.98 Å². The minimum atomic E-state index is -0.423. The lowest BCUT2D eigenvalue weighted by atomic mass is 10.1. The predicted molar refractivity (Wildman–Crippen MR) is 75.9 cm³/mol. The number of aromatic amines is 1. The van der Waals surface area contributed by atoms with E-state index >= 15 is 0 Å². The number of carbonyl (C=O) groups excluding carboxylic acids is 1. The number of allylic oxidation sites excluding steroid dienone is 1. The highest BCUT2D eigenvalue weighted by Gasteiger charge is 2.03. The van der Waals surface area contributed by atoms with Crippen molar-refractivity contribution in [3.05, 3.63) is 71.8 Å². The number of nitrogens with zero attached hydrogens (tertiary/aromatic N) is 1. The van der Waals surface area contributed by atoms with Gasteiger partial charge in [0.2, 0.25) is 0 Å². The van der Waals surface area contributed by atoms with Gasteiger partial charge in [-0.1, -0.05) is 24.3 Å². The average Bonchev–Trinajstić information content (AvgIpc) is 2.87. The highest BCUT2D eigenvalue weighted by molar-refractivity contribution is 6.06. The molecule has 0 aliphatic carbocycles. The van der Waals surface area contributed by atoms with Crippen molar-refractivity contribution in [3.8, 4) is 0 Å². The molecule has 1 heterocycles. The molecular formula is C16H11FN2O. The minimum absolute atomic E-state index is 0.259. The Morgan fingerprint density at radius 1 is 1.15 bits per heavy atom. The monoisotopic (exact) mass is 266 g/mol. The summed E-state index contributed by atoms with van der Waals surface area (Å²) in [5.41, 5.74) is 2.06. The van der Waals surface area contributed by atoms with Gasteiger partial charge in [0.1, 0.15) is 11.6 Å². The number of rotatable bonds is 3. The fraction of sp³-hybridized carbons (Fsp3) is 0. The Balaban J connectivity index is 1.84. The van der Waals surface area contributed by atoms with E-state index in [1.54, 1.807) is 12.1 Å². The summed E-state index contributed by atoms with van der Waals surface area (Å²) in [5, 5.41) is 0. The summed E-state index contributed by atoms with van der Waals surface area (Å²) in [7, 11) is 0. The maximum absolute atomic E-state index is 13.0. The van der Waals surface area contributed by atoms with E-state index in [1.165, 1.54) is 24.3 Å². The highest BCUT2D eigenvalue weighted by atomic mass is 19.1. The third-order valence-corrected chi connectivity index (χ3v) is 2.91. The molecule has 0 saturated heterocycles. The molecule has 2 aromatic carbocycles. The molecule has 4 heteroatoms. The van der Waals surface area contributed by atoms with E-state index in [4.69, 9.17) is 0 Å². The van der Waals surface area contributed by atoms with Gasteiger partial charge in [-0.05, 0) is 36.4 Å². The minimum Gasteiger partial charge on any atom is -0.338 e. The second-order valence-electron chi connectivity index (χ2n) is 4.35. The van der Waals surface area contributed by atoms with Crippen LogP contribution in [0.15, 0.2) is 54.6 Å². The molecule has 3 rings (SSSR count). The second-order valence-corrected chi connectivity index (χ2v) is 4.35. The topological polar surface area (TPSA) is 45.8 Å². The van der Waals surface area contributed by atoms with Crippen LogP contribution >= 0.6 is 0 Å².